The molecule has 13 heavy (non-hydrogen) atoms. The van der Waals surface area contributed by atoms with E-state index in [9.17, 15) is 9.59 Å². The van der Waals surface area contributed by atoms with Crippen LogP contribution in [0.5, 0.6) is 0 Å². The summed E-state index contributed by atoms with van der Waals surface area (Å²) < 4.78 is 0. The van der Waals surface area contributed by atoms with Crippen LogP contribution < -0.4 is 0 Å². The summed E-state index contributed by atoms with van der Waals surface area (Å²) in [5.41, 5.74) is 0.301. The smallest absolute Gasteiger partial charge is 0.313 e. The number of carboxylic acids is 2. The number of aliphatic carboxylic acids is 2. The van der Waals surface area contributed by atoms with Crippen LogP contribution in [-0.4, -0.2) is 32.1 Å². The maximum atomic E-state index is 10.6. The topological polar surface area (TPSA) is 103 Å². The number of carbonyl (C=O) groups is 2. The first kappa shape index (κ1) is 9.24. The average molecular weight is 184 g/mol. The largest absolute Gasteiger partial charge is 0.481 e. The molecule has 0 aromatic carbocycles. The second kappa shape index (κ2) is 3.70. The molecule has 0 bridgehead atoms. The molecule has 0 fully saturated rings. The van der Waals surface area contributed by atoms with E-state index in [-0.39, 0.29) is 0 Å². The molecule has 6 heteroatoms. The molecule has 0 radical (unpaired) electrons. The summed E-state index contributed by atoms with van der Waals surface area (Å²) in [5, 5.41) is 17.1. The first-order valence-electron chi connectivity index (χ1n) is 3.54. The molecular weight excluding hydrogens is 176 g/mol. The van der Waals surface area contributed by atoms with Gasteiger partial charge in [0, 0.05) is 11.9 Å². The number of nitrogens with one attached hydrogen (secondary N) is 1. The number of H-pyrrole nitrogens is 1. The molecule has 0 aliphatic heterocycles. The van der Waals surface area contributed by atoms with Crippen molar-refractivity contribution in [2.75, 3.05) is 0 Å². The Kier molecular flexibility index (Phi) is 2.63. The van der Waals surface area contributed by atoms with Crippen molar-refractivity contribution in [3.8, 4) is 0 Å². The Bertz CT molecular complexity index is 306. The quantitative estimate of drug-likeness (QED) is 0.613. The molecule has 0 saturated carbocycles. The summed E-state index contributed by atoms with van der Waals surface area (Å²) in [6.07, 6.45) is 2.17. The lowest BCUT2D eigenvalue weighted by atomic mass is 10.0. The van der Waals surface area contributed by atoms with Gasteiger partial charge in [0.15, 0.2) is 0 Å². The molecule has 0 aliphatic rings. The number of carboxylic acid groups (broad SMARTS) is 2. The van der Waals surface area contributed by atoms with E-state index in [2.05, 4.69) is 9.97 Å². The van der Waals surface area contributed by atoms with Gasteiger partial charge in [0.2, 0.25) is 0 Å². The van der Waals surface area contributed by atoms with Crippen molar-refractivity contribution in [3.63, 3.8) is 0 Å². The zero-order chi connectivity index (χ0) is 9.84. The second-order valence-corrected chi connectivity index (χ2v) is 2.50. The van der Waals surface area contributed by atoms with Gasteiger partial charge in [-0.3, -0.25) is 9.59 Å². The van der Waals surface area contributed by atoms with E-state index in [0.717, 1.165) is 0 Å². The minimum atomic E-state index is -1.17. The van der Waals surface area contributed by atoms with Crippen LogP contribution in [0.3, 0.4) is 0 Å². The third kappa shape index (κ3) is 2.29. The fourth-order valence-electron chi connectivity index (χ4n) is 0.962. The van der Waals surface area contributed by atoms with Gasteiger partial charge in [-0.15, -0.1) is 0 Å². The number of aromatic nitrogens is 2. The van der Waals surface area contributed by atoms with Gasteiger partial charge in [-0.1, -0.05) is 0 Å². The zero-order valence-electron chi connectivity index (χ0n) is 6.60. The molecule has 1 heterocycles. The third-order valence-electron chi connectivity index (χ3n) is 1.57. The van der Waals surface area contributed by atoms with Crippen molar-refractivity contribution < 1.29 is 19.8 Å². The number of rotatable bonds is 4. The molecule has 1 aromatic heterocycles. The van der Waals surface area contributed by atoms with Gasteiger partial charge in [0.25, 0.3) is 0 Å². The highest BCUT2D eigenvalue weighted by molar-refractivity contribution is 5.81. The van der Waals surface area contributed by atoms with Crippen molar-refractivity contribution in [1.29, 1.82) is 0 Å². The molecule has 0 amide bonds. The van der Waals surface area contributed by atoms with E-state index in [0.29, 0.717) is 5.69 Å². The van der Waals surface area contributed by atoms with Gasteiger partial charge in [0.05, 0.1) is 12.7 Å². The van der Waals surface area contributed by atoms with Crippen LogP contribution in [0.2, 0.25) is 0 Å². The standard InChI is InChI=1S/C7H8N2O4/c10-6(11)1-4(7(12)13)5-2-8-3-9-5/h2-4H,1H2,(H,8,9)(H,10,11)(H,12,13). The third-order valence-corrected chi connectivity index (χ3v) is 1.57. The van der Waals surface area contributed by atoms with Crippen LogP contribution >= 0.6 is 0 Å². The lowest BCUT2D eigenvalue weighted by Crippen LogP contribution is -2.16. The van der Waals surface area contributed by atoms with Crippen LogP contribution in [0.4, 0.5) is 0 Å². The fraction of sp³-hybridized carbons (Fsp3) is 0.286. The highest BCUT2D eigenvalue weighted by Gasteiger charge is 2.23. The Morgan fingerprint density at radius 2 is 2.23 bits per heavy atom. The summed E-state index contributed by atoms with van der Waals surface area (Å²) in [6.45, 7) is 0. The van der Waals surface area contributed by atoms with Gasteiger partial charge >= 0.3 is 11.9 Å². The Morgan fingerprint density at radius 3 is 2.62 bits per heavy atom. The van der Waals surface area contributed by atoms with E-state index in [1.807, 2.05) is 0 Å². The Balaban J connectivity index is 2.81. The van der Waals surface area contributed by atoms with Crippen molar-refractivity contribution in [3.05, 3.63) is 18.2 Å². The minimum Gasteiger partial charge on any atom is -0.481 e. The van der Waals surface area contributed by atoms with Crippen LogP contribution in [-0.2, 0) is 9.59 Å². The van der Waals surface area contributed by atoms with Crippen molar-refractivity contribution in [2.24, 2.45) is 0 Å². The van der Waals surface area contributed by atoms with Crippen LogP contribution in [0.1, 0.15) is 18.0 Å². The van der Waals surface area contributed by atoms with E-state index in [1.165, 1.54) is 12.5 Å². The summed E-state index contributed by atoms with van der Waals surface area (Å²) in [7, 11) is 0. The monoisotopic (exact) mass is 184 g/mol. The zero-order valence-corrected chi connectivity index (χ0v) is 6.60. The first-order valence-corrected chi connectivity index (χ1v) is 3.54. The average Bonchev–Trinajstić information content (AvgIpc) is 2.50. The van der Waals surface area contributed by atoms with Gasteiger partial charge in [0.1, 0.15) is 5.92 Å². The summed E-state index contributed by atoms with van der Waals surface area (Å²) in [5.74, 6) is -3.38. The number of imidazole rings is 1. The summed E-state index contributed by atoms with van der Waals surface area (Å²) in [6, 6.07) is 0. The summed E-state index contributed by atoms with van der Waals surface area (Å²) in [4.78, 5) is 27.1. The van der Waals surface area contributed by atoms with Gasteiger partial charge < -0.3 is 15.2 Å². The molecular formula is C7H8N2O4. The maximum Gasteiger partial charge on any atom is 0.313 e. The molecule has 1 unspecified atom stereocenters. The Morgan fingerprint density at radius 1 is 1.54 bits per heavy atom. The molecule has 0 aliphatic carbocycles. The first-order chi connectivity index (χ1) is 6.11. The fourth-order valence-corrected chi connectivity index (χ4v) is 0.962. The molecule has 1 aromatic rings. The lowest BCUT2D eigenvalue weighted by molar-refractivity contribution is -0.145. The number of aromatic amines is 1. The summed E-state index contributed by atoms with van der Waals surface area (Å²) >= 11 is 0. The van der Waals surface area contributed by atoms with Gasteiger partial charge in [-0.25, -0.2) is 4.98 Å². The number of hydrogen-bond donors (Lipinski definition) is 3. The number of hydrogen-bond acceptors (Lipinski definition) is 3. The Labute approximate surface area is 73.2 Å². The van der Waals surface area contributed by atoms with Crippen molar-refractivity contribution >= 4 is 11.9 Å². The predicted octanol–water partition coefficient (Wildman–Crippen LogP) is 0.0526. The molecule has 1 rings (SSSR count). The van der Waals surface area contributed by atoms with E-state index in [1.54, 1.807) is 0 Å². The molecule has 70 valence electrons. The molecule has 1 atom stereocenters. The Hall–Kier alpha value is -1.85. The van der Waals surface area contributed by atoms with E-state index < -0.39 is 24.3 Å². The van der Waals surface area contributed by atoms with Crippen molar-refractivity contribution in [2.45, 2.75) is 12.3 Å². The molecule has 0 saturated heterocycles. The maximum absolute atomic E-state index is 10.6. The van der Waals surface area contributed by atoms with Crippen LogP contribution in [0.25, 0.3) is 0 Å². The van der Waals surface area contributed by atoms with E-state index in [4.69, 9.17) is 10.2 Å². The second-order valence-electron chi connectivity index (χ2n) is 2.50. The predicted molar refractivity (Wildman–Crippen MR) is 41.2 cm³/mol. The molecule has 0 spiro atoms. The normalized spacial score (nSPS) is 12.3. The number of nitrogens with zero attached hydrogens (tertiary/aromatic N) is 1. The van der Waals surface area contributed by atoms with E-state index >= 15 is 0 Å². The molecule has 3 N–H and O–H groups in total. The van der Waals surface area contributed by atoms with Crippen LogP contribution in [0, 0.1) is 0 Å². The SMILES string of the molecule is O=C(O)CC(C(=O)O)c1cnc[nH]1. The van der Waals surface area contributed by atoms with Crippen molar-refractivity contribution in [1.82, 2.24) is 9.97 Å². The lowest BCUT2D eigenvalue weighted by Gasteiger charge is -2.05. The van der Waals surface area contributed by atoms with Crippen LogP contribution in [0.15, 0.2) is 12.5 Å². The minimum absolute atomic E-state index is 0.301. The molecule has 6 nitrogen and oxygen atoms in total. The van der Waals surface area contributed by atoms with Gasteiger partial charge in [-0.2, -0.15) is 0 Å². The van der Waals surface area contributed by atoms with Gasteiger partial charge in [-0.05, 0) is 0 Å². The highest BCUT2D eigenvalue weighted by atomic mass is 16.4. The highest BCUT2D eigenvalue weighted by Crippen LogP contribution is 2.16.